The first-order valence-electron chi connectivity index (χ1n) is 9.78. The molecule has 0 aliphatic heterocycles. The van der Waals surface area contributed by atoms with Crippen molar-refractivity contribution in [3.63, 3.8) is 0 Å². The van der Waals surface area contributed by atoms with Gasteiger partial charge in [-0.25, -0.2) is 4.39 Å². The minimum Gasteiger partial charge on any atom is -0.494 e. The lowest BCUT2D eigenvalue weighted by Gasteiger charge is -2.14. The molecule has 0 bridgehead atoms. The number of carbonyl (C=O) groups excluding carboxylic acids is 1. The summed E-state index contributed by atoms with van der Waals surface area (Å²) < 4.78 is 20.6. The molecule has 0 aliphatic rings. The van der Waals surface area contributed by atoms with Gasteiger partial charge in [0.2, 0.25) is 0 Å². The molecule has 3 aromatic rings. The molecule has 1 amide bonds. The smallest absolute Gasteiger partial charge is 0.266 e. The van der Waals surface area contributed by atoms with Gasteiger partial charge in [0.05, 0.1) is 6.61 Å². The molecule has 3 aromatic carbocycles. The van der Waals surface area contributed by atoms with Crippen molar-refractivity contribution in [2.75, 3.05) is 11.9 Å². The highest BCUT2D eigenvalue weighted by Gasteiger charge is 2.15. The second kappa shape index (κ2) is 10.9. The van der Waals surface area contributed by atoms with Gasteiger partial charge in [-0.15, -0.1) is 0 Å². The Morgan fingerprint density at radius 2 is 1.94 bits per heavy atom. The average molecular weight is 514 g/mol. The third-order valence-corrected chi connectivity index (χ3v) is 5.54. The Hall–Kier alpha value is -3.14. The minimum atomic E-state index is -0.542. The van der Waals surface area contributed by atoms with Crippen LogP contribution in [0.2, 0.25) is 5.02 Å². The number of amides is 1. The van der Waals surface area contributed by atoms with Crippen LogP contribution in [0.4, 0.5) is 10.1 Å². The minimum absolute atomic E-state index is 0.0730. The Balaban J connectivity index is 1.91. The molecule has 0 saturated carbocycles. The van der Waals surface area contributed by atoms with Gasteiger partial charge in [-0.1, -0.05) is 45.7 Å². The summed E-state index contributed by atoms with van der Waals surface area (Å²) in [6.45, 7) is 2.26. The summed E-state index contributed by atoms with van der Waals surface area (Å²) in [6, 6.07) is 18.6. The molecule has 0 unspecified atom stereocenters. The van der Waals surface area contributed by atoms with Crippen LogP contribution in [0.5, 0.6) is 5.75 Å². The Bertz CT molecular complexity index is 1200. The van der Waals surface area contributed by atoms with E-state index in [1.165, 1.54) is 12.1 Å². The number of ether oxygens (including phenoxy) is 1. The quantitative estimate of drug-likeness (QED) is 0.280. The molecule has 0 aliphatic carbocycles. The summed E-state index contributed by atoms with van der Waals surface area (Å²) >= 11 is 9.39. The number of nitriles is 1. The van der Waals surface area contributed by atoms with E-state index in [0.29, 0.717) is 45.1 Å². The van der Waals surface area contributed by atoms with Crippen LogP contribution in [0.1, 0.15) is 23.6 Å². The molecule has 32 heavy (non-hydrogen) atoms. The first kappa shape index (κ1) is 23.5. The van der Waals surface area contributed by atoms with Crippen LogP contribution in [0.3, 0.4) is 0 Å². The van der Waals surface area contributed by atoms with E-state index >= 15 is 0 Å². The Morgan fingerprint density at radius 1 is 1.22 bits per heavy atom. The van der Waals surface area contributed by atoms with Crippen molar-refractivity contribution in [1.29, 1.82) is 5.26 Å². The standard InChI is InChI=1S/C25H19BrClFN2O2/c1-2-32-24-13-16(12-22(26)21(24)14-17-5-3-4-6-23(17)28)11-18(15-29)25(31)30-20-9-7-19(27)8-10-20/h3-13H,2,14H2,1H3,(H,30,31)/b18-11+. The molecule has 0 atom stereocenters. The van der Waals surface area contributed by atoms with Gasteiger partial charge in [0.15, 0.2) is 0 Å². The molecule has 162 valence electrons. The molecule has 0 spiro atoms. The van der Waals surface area contributed by atoms with E-state index in [2.05, 4.69) is 21.2 Å². The van der Waals surface area contributed by atoms with Crippen LogP contribution in [-0.4, -0.2) is 12.5 Å². The fraction of sp³-hybridized carbons (Fsp3) is 0.120. The van der Waals surface area contributed by atoms with Crippen LogP contribution in [0, 0.1) is 17.1 Å². The van der Waals surface area contributed by atoms with Gasteiger partial charge in [-0.05, 0) is 66.6 Å². The van der Waals surface area contributed by atoms with E-state index in [-0.39, 0.29) is 11.4 Å². The van der Waals surface area contributed by atoms with E-state index in [1.807, 2.05) is 13.0 Å². The maximum absolute atomic E-state index is 14.2. The van der Waals surface area contributed by atoms with Crippen LogP contribution < -0.4 is 10.1 Å². The molecule has 0 radical (unpaired) electrons. The Labute approximate surface area is 199 Å². The van der Waals surface area contributed by atoms with Crippen LogP contribution in [0.15, 0.2) is 70.7 Å². The Kier molecular flexibility index (Phi) is 8.04. The fourth-order valence-electron chi connectivity index (χ4n) is 3.05. The number of carbonyl (C=O) groups is 1. The number of nitrogens with one attached hydrogen (secondary N) is 1. The van der Waals surface area contributed by atoms with E-state index in [0.717, 1.165) is 5.56 Å². The summed E-state index contributed by atoms with van der Waals surface area (Å²) in [4.78, 5) is 12.6. The van der Waals surface area contributed by atoms with Crippen molar-refractivity contribution < 1.29 is 13.9 Å². The highest BCUT2D eigenvalue weighted by molar-refractivity contribution is 9.10. The van der Waals surface area contributed by atoms with Gasteiger partial charge >= 0.3 is 0 Å². The molecule has 1 N–H and O–H groups in total. The summed E-state index contributed by atoms with van der Waals surface area (Å²) in [5.41, 5.74) is 2.37. The van der Waals surface area contributed by atoms with Gasteiger partial charge in [-0.2, -0.15) is 5.26 Å². The lowest BCUT2D eigenvalue weighted by molar-refractivity contribution is -0.112. The first-order chi connectivity index (χ1) is 15.4. The third kappa shape index (κ3) is 5.97. The zero-order valence-corrected chi connectivity index (χ0v) is 19.5. The van der Waals surface area contributed by atoms with E-state index in [9.17, 15) is 14.4 Å². The zero-order valence-electron chi connectivity index (χ0n) is 17.2. The van der Waals surface area contributed by atoms with E-state index < -0.39 is 5.91 Å². The van der Waals surface area contributed by atoms with Gasteiger partial charge in [0.1, 0.15) is 23.2 Å². The maximum atomic E-state index is 14.2. The number of rotatable bonds is 7. The molecule has 7 heteroatoms. The van der Waals surface area contributed by atoms with Crippen molar-refractivity contribution >= 4 is 45.2 Å². The van der Waals surface area contributed by atoms with Gasteiger partial charge in [-0.3, -0.25) is 4.79 Å². The summed E-state index contributed by atoms with van der Waals surface area (Å²) in [6.07, 6.45) is 1.81. The number of benzene rings is 3. The van der Waals surface area contributed by atoms with Crippen LogP contribution in [0.25, 0.3) is 6.08 Å². The predicted molar refractivity (Wildman–Crippen MR) is 128 cm³/mol. The van der Waals surface area contributed by atoms with E-state index in [4.69, 9.17) is 16.3 Å². The molecule has 0 aromatic heterocycles. The highest BCUT2D eigenvalue weighted by Crippen LogP contribution is 2.33. The largest absolute Gasteiger partial charge is 0.494 e. The van der Waals surface area contributed by atoms with Crippen molar-refractivity contribution in [2.45, 2.75) is 13.3 Å². The SMILES string of the molecule is CCOc1cc(/C=C(\C#N)C(=O)Nc2ccc(Cl)cc2)cc(Br)c1Cc1ccccc1F. The zero-order chi connectivity index (χ0) is 23.1. The second-order valence-corrected chi connectivity index (χ2v) is 8.10. The lowest BCUT2D eigenvalue weighted by Crippen LogP contribution is -2.13. The highest BCUT2D eigenvalue weighted by atomic mass is 79.9. The summed E-state index contributed by atoms with van der Waals surface area (Å²) in [7, 11) is 0. The van der Waals surface area contributed by atoms with Crippen LogP contribution >= 0.6 is 27.5 Å². The fourth-order valence-corrected chi connectivity index (χ4v) is 3.78. The summed E-state index contributed by atoms with van der Waals surface area (Å²) in [5, 5.41) is 12.7. The van der Waals surface area contributed by atoms with Gasteiger partial charge in [0, 0.05) is 27.2 Å². The van der Waals surface area contributed by atoms with Crippen molar-refractivity contribution in [3.05, 3.63) is 98.2 Å². The topological polar surface area (TPSA) is 62.1 Å². The van der Waals surface area contributed by atoms with Crippen molar-refractivity contribution in [2.24, 2.45) is 0 Å². The molecule has 0 heterocycles. The molecule has 0 saturated heterocycles. The monoisotopic (exact) mass is 512 g/mol. The molecule has 3 rings (SSSR count). The number of halogens is 3. The maximum Gasteiger partial charge on any atom is 0.266 e. The predicted octanol–water partition coefficient (Wildman–Crippen LogP) is 6.78. The van der Waals surface area contributed by atoms with Gasteiger partial charge in [0.25, 0.3) is 5.91 Å². The number of nitrogens with zero attached hydrogens (tertiary/aromatic N) is 1. The molecule has 4 nitrogen and oxygen atoms in total. The van der Waals surface area contributed by atoms with Crippen molar-refractivity contribution in [1.82, 2.24) is 0 Å². The molecule has 0 fully saturated rings. The number of anilines is 1. The van der Waals surface area contributed by atoms with Gasteiger partial charge < -0.3 is 10.1 Å². The second-order valence-electron chi connectivity index (χ2n) is 6.81. The Morgan fingerprint density at radius 3 is 2.59 bits per heavy atom. The van der Waals surface area contributed by atoms with Crippen LogP contribution in [-0.2, 0) is 11.2 Å². The number of hydrogen-bond donors (Lipinski definition) is 1. The van der Waals surface area contributed by atoms with Crippen molar-refractivity contribution in [3.8, 4) is 11.8 Å². The molecular formula is C25H19BrClFN2O2. The summed E-state index contributed by atoms with van der Waals surface area (Å²) in [5.74, 6) is -0.289. The lowest BCUT2D eigenvalue weighted by atomic mass is 10.0. The van der Waals surface area contributed by atoms with E-state index in [1.54, 1.807) is 54.6 Å². The average Bonchev–Trinajstić information content (AvgIpc) is 2.77. The normalized spacial score (nSPS) is 11.0. The first-order valence-corrected chi connectivity index (χ1v) is 11.0. The number of hydrogen-bond acceptors (Lipinski definition) is 3. The molecular weight excluding hydrogens is 495 g/mol. The third-order valence-electron chi connectivity index (χ3n) is 4.58.